The van der Waals surface area contributed by atoms with Gasteiger partial charge in [0.1, 0.15) is 5.69 Å². The molecule has 0 saturated carbocycles. The summed E-state index contributed by atoms with van der Waals surface area (Å²) in [5.41, 5.74) is 4.34. The average Bonchev–Trinajstić information content (AvgIpc) is 2.70. The summed E-state index contributed by atoms with van der Waals surface area (Å²) >= 11 is 0. The summed E-state index contributed by atoms with van der Waals surface area (Å²) in [6.07, 6.45) is 0. The fraction of sp³-hybridized carbons (Fsp3) is 0.333. The lowest BCUT2D eigenvalue weighted by molar-refractivity contribution is 0.101. The Balaban J connectivity index is 2.29. The molecule has 5 nitrogen and oxygen atoms in total. The van der Waals surface area contributed by atoms with E-state index in [-0.39, 0.29) is 5.91 Å². The number of anilines is 2. The third-order valence-electron chi connectivity index (χ3n) is 3.27. The lowest BCUT2D eigenvalue weighted by Gasteiger charge is -2.18. The quantitative estimate of drug-likeness (QED) is 0.933. The number of aryl methyl sites for hydroxylation is 2. The van der Waals surface area contributed by atoms with Crippen molar-refractivity contribution in [3.63, 3.8) is 0 Å². The lowest BCUT2D eigenvalue weighted by Crippen LogP contribution is -2.18. The van der Waals surface area contributed by atoms with Crippen molar-refractivity contribution < 1.29 is 4.79 Å². The van der Waals surface area contributed by atoms with E-state index in [1.54, 1.807) is 17.8 Å². The Bertz CT molecular complexity index is 643. The van der Waals surface area contributed by atoms with Crippen molar-refractivity contribution in [1.82, 2.24) is 9.78 Å². The van der Waals surface area contributed by atoms with Gasteiger partial charge in [-0.15, -0.1) is 0 Å². The highest BCUT2D eigenvalue weighted by Crippen LogP contribution is 2.25. The first-order valence-electron chi connectivity index (χ1n) is 6.49. The number of nitrogens with one attached hydrogen (secondary N) is 1. The normalized spacial score (nSPS) is 10.4. The van der Waals surface area contributed by atoms with E-state index in [0.29, 0.717) is 5.69 Å². The first-order valence-corrected chi connectivity index (χ1v) is 6.49. The molecular weight excluding hydrogens is 252 g/mol. The minimum Gasteiger partial charge on any atom is -0.377 e. The van der Waals surface area contributed by atoms with Gasteiger partial charge in [-0.2, -0.15) is 5.10 Å². The SMILES string of the molecule is Cc1cc(C(=O)Nc2cccc(N(C)C)c2C)n(C)n1. The van der Waals surface area contributed by atoms with E-state index in [0.717, 1.165) is 22.6 Å². The Hall–Kier alpha value is -2.30. The predicted octanol–water partition coefficient (Wildman–Crippen LogP) is 2.36. The monoisotopic (exact) mass is 272 g/mol. The highest BCUT2D eigenvalue weighted by atomic mass is 16.2. The van der Waals surface area contributed by atoms with Crippen LogP contribution in [0, 0.1) is 13.8 Å². The number of amides is 1. The van der Waals surface area contributed by atoms with Crippen LogP contribution in [0.2, 0.25) is 0 Å². The Morgan fingerprint density at radius 3 is 2.55 bits per heavy atom. The highest BCUT2D eigenvalue weighted by Gasteiger charge is 2.14. The van der Waals surface area contributed by atoms with Gasteiger partial charge >= 0.3 is 0 Å². The summed E-state index contributed by atoms with van der Waals surface area (Å²) in [4.78, 5) is 14.3. The molecule has 0 spiro atoms. The van der Waals surface area contributed by atoms with Crippen molar-refractivity contribution in [2.75, 3.05) is 24.3 Å². The van der Waals surface area contributed by atoms with Gasteiger partial charge in [0.25, 0.3) is 5.91 Å². The first-order chi connectivity index (χ1) is 9.40. The molecule has 2 rings (SSSR count). The number of aromatic nitrogens is 2. The van der Waals surface area contributed by atoms with Gasteiger partial charge in [-0.25, -0.2) is 0 Å². The van der Waals surface area contributed by atoms with Crippen LogP contribution in [0.4, 0.5) is 11.4 Å². The predicted molar refractivity (Wildman–Crippen MR) is 81.4 cm³/mol. The van der Waals surface area contributed by atoms with E-state index in [9.17, 15) is 4.79 Å². The standard InChI is InChI=1S/C15H20N4O/c1-10-9-14(19(5)17-10)15(20)16-12-7-6-8-13(11(12)2)18(3)4/h6-9H,1-5H3,(H,16,20). The smallest absolute Gasteiger partial charge is 0.273 e. The molecule has 0 aliphatic carbocycles. The molecule has 2 aromatic rings. The lowest BCUT2D eigenvalue weighted by atomic mass is 10.1. The molecule has 0 bridgehead atoms. The minimum atomic E-state index is -0.146. The zero-order chi connectivity index (χ0) is 14.9. The molecule has 0 aliphatic rings. The Morgan fingerprint density at radius 2 is 2.00 bits per heavy atom. The molecule has 0 aliphatic heterocycles. The topological polar surface area (TPSA) is 50.2 Å². The van der Waals surface area contributed by atoms with Crippen molar-refractivity contribution in [1.29, 1.82) is 0 Å². The molecule has 0 saturated heterocycles. The zero-order valence-electron chi connectivity index (χ0n) is 12.6. The van der Waals surface area contributed by atoms with Gasteiger partial charge in [0.2, 0.25) is 0 Å². The van der Waals surface area contributed by atoms with E-state index in [1.165, 1.54) is 0 Å². The third kappa shape index (κ3) is 2.66. The second-order valence-corrected chi connectivity index (χ2v) is 5.09. The maximum atomic E-state index is 12.3. The molecule has 5 heteroatoms. The minimum absolute atomic E-state index is 0.146. The average molecular weight is 272 g/mol. The molecule has 1 amide bonds. The van der Waals surface area contributed by atoms with E-state index in [4.69, 9.17) is 0 Å². The number of hydrogen-bond acceptors (Lipinski definition) is 3. The highest BCUT2D eigenvalue weighted by molar-refractivity contribution is 6.03. The first kappa shape index (κ1) is 14.1. The van der Waals surface area contributed by atoms with Crippen LogP contribution < -0.4 is 10.2 Å². The second kappa shape index (κ2) is 5.36. The van der Waals surface area contributed by atoms with Gasteiger partial charge in [0.15, 0.2) is 0 Å². The number of benzene rings is 1. The molecule has 1 aromatic carbocycles. The maximum absolute atomic E-state index is 12.3. The van der Waals surface area contributed by atoms with Gasteiger partial charge < -0.3 is 10.2 Å². The molecule has 0 unspecified atom stereocenters. The number of rotatable bonds is 3. The Labute approximate surface area is 119 Å². The fourth-order valence-electron chi connectivity index (χ4n) is 2.25. The third-order valence-corrected chi connectivity index (χ3v) is 3.27. The van der Waals surface area contributed by atoms with Gasteiger partial charge in [0, 0.05) is 32.5 Å². The molecule has 1 aromatic heterocycles. The van der Waals surface area contributed by atoms with E-state index in [2.05, 4.69) is 10.4 Å². The molecule has 0 radical (unpaired) electrons. The number of hydrogen-bond donors (Lipinski definition) is 1. The molecule has 106 valence electrons. The summed E-state index contributed by atoms with van der Waals surface area (Å²) in [5.74, 6) is -0.146. The molecule has 0 atom stereocenters. The van der Waals surface area contributed by atoms with Crippen LogP contribution in [0.5, 0.6) is 0 Å². The summed E-state index contributed by atoms with van der Waals surface area (Å²) in [6, 6.07) is 7.65. The summed E-state index contributed by atoms with van der Waals surface area (Å²) < 4.78 is 1.59. The fourth-order valence-corrected chi connectivity index (χ4v) is 2.25. The van der Waals surface area contributed by atoms with Crippen LogP contribution in [0.1, 0.15) is 21.7 Å². The van der Waals surface area contributed by atoms with E-state index >= 15 is 0 Å². The Morgan fingerprint density at radius 1 is 1.30 bits per heavy atom. The zero-order valence-corrected chi connectivity index (χ0v) is 12.6. The van der Waals surface area contributed by atoms with Gasteiger partial charge in [-0.3, -0.25) is 9.48 Å². The largest absolute Gasteiger partial charge is 0.377 e. The number of carbonyl (C=O) groups excluding carboxylic acids is 1. The van der Waals surface area contributed by atoms with Crippen LogP contribution in [-0.4, -0.2) is 29.8 Å². The summed E-state index contributed by atoms with van der Waals surface area (Å²) in [6.45, 7) is 3.87. The molecule has 1 N–H and O–H groups in total. The molecular formula is C15H20N4O. The van der Waals surface area contributed by atoms with Gasteiger partial charge in [0.05, 0.1) is 5.69 Å². The van der Waals surface area contributed by atoms with Gasteiger partial charge in [-0.05, 0) is 37.6 Å². The van der Waals surface area contributed by atoms with Crippen LogP contribution in [0.15, 0.2) is 24.3 Å². The second-order valence-electron chi connectivity index (χ2n) is 5.09. The van der Waals surface area contributed by atoms with E-state index in [1.807, 2.05) is 51.0 Å². The molecule has 0 fully saturated rings. The van der Waals surface area contributed by atoms with Crippen molar-refractivity contribution >= 4 is 17.3 Å². The number of carbonyl (C=O) groups is 1. The van der Waals surface area contributed by atoms with Crippen LogP contribution in [0.3, 0.4) is 0 Å². The van der Waals surface area contributed by atoms with Crippen molar-refractivity contribution in [3.8, 4) is 0 Å². The van der Waals surface area contributed by atoms with Crippen molar-refractivity contribution in [2.45, 2.75) is 13.8 Å². The Kier molecular flexibility index (Phi) is 3.79. The van der Waals surface area contributed by atoms with Crippen LogP contribution >= 0.6 is 0 Å². The summed E-state index contributed by atoms with van der Waals surface area (Å²) in [5, 5.41) is 7.14. The number of nitrogens with zero attached hydrogens (tertiary/aromatic N) is 3. The van der Waals surface area contributed by atoms with Crippen LogP contribution in [-0.2, 0) is 7.05 Å². The molecule has 1 heterocycles. The van der Waals surface area contributed by atoms with Crippen LogP contribution in [0.25, 0.3) is 0 Å². The van der Waals surface area contributed by atoms with Crippen molar-refractivity contribution in [2.24, 2.45) is 7.05 Å². The summed E-state index contributed by atoms with van der Waals surface area (Å²) in [7, 11) is 5.74. The van der Waals surface area contributed by atoms with Crippen molar-refractivity contribution in [3.05, 3.63) is 41.2 Å². The maximum Gasteiger partial charge on any atom is 0.273 e. The molecule has 20 heavy (non-hydrogen) atoms. The van der Waals surface area contributed by atoms with Gasteiger partial charge in [-0.1, -0.05) is 6.07 Å². The van der Waals surface area contributed by atoms with E-state index < -0.39 is 0 Å².